The Morgan fingerprint density at radius 1 is 0.903 bits per heavy atom. The number of imide groups is 1. The molecule has 2 N–H and O–H groups in total. The zero-order valence-corrected chi connectivity index (χ0v) is 16.6. The van der Waals surface area contributed by atoms with E-state index in [-0.39, 0.29) is 27.9 Å². The number of fused-ring (bicyclic) bond motifs is 1. The molecule has 3 aromatic carbocycles. The first-order chi connectivity index (χ1) is 14.9. The van der Waals surface area contributed by atoms with Gasteiger partial charge in [-0.3, -0.25) is 14.4 Å². The molecule has 4 rings (SSSR count). The van der Waals surface area contributed by atoms with Crippen molar-refractivity contribution in [2.75, 3.05) is 10.2 Å². The maximum atomic E-state index is 13.1. The zero-order valence-electron chi connectivity index (χ0n) is 16.6. The van der Waals surface area contributed by atoms with E-state index in [1.165, 1.54) is 30.3 Å². The molecule has 7 heteroatoms. The lowest BCUT2D eigenvalue weighted by Crippen LogP contribution is -2.31. The Hall–Kier alpha value is -4.26. The van der Waals surface area contributed by atoms with E-state index >= 15 is 0 Å². The predicted octanol–water partition coefficient (Wildman–Crippen LogP) is 4.00. The fourth-order valence-corrected chi connectivity index (χ4v) is 3.59. The van der Waals surface area contributed by atoms with Crippen LogP contribution >= 0.6 is 0 Å². The third-order valence-corrected chi connectivity index (χ3v) is 5.17. The lowest BCUT2D eigenvalue weighted by molar-refractivity contribution is 0.0696. The van der Waals surface area contributed by atoms with Gasteiger partial charge in [-0.15, -0.1) is 0 Å². The summed E-state index contributed by atoms with van der Waals surface area (Å²) in [4.78, 5) is 51.2. The van der Waals surface area contributed by atoms with Crippen LogP contribution in [0.4, 0.5) is 11.4 Å². The molecular weight excluding hydrogens is 396 g/mol. The van der Waals surface area contributed by atoms with Crippen molar-refractivity contribution < 1.29 is 24.3 Å². The lowest BCUT2D eigenvalue weighted by Gasteiger charge is -2.18. The maximum Gasteiger partial charge on any atom is 0.335 e. The van der Waals surface area contributed by atoms with E-state index in [9.17, 15) is 24.3 Å². The van der Waals surface area contributed by atoms with Crippen LogP contribution in [0.1, 0.15) is 53.9 Å². The molecule has 1 heterocycles. The van der Waals surface area contributed by atoms with Crippen molar-refractivity contribution in [1.82, 2.24) is 0 Å². The van der Waals surface area contributed by atoms with E-state index in [1.54, 1.807) is 18.2 Å². The summed E-state index contributed by atoms with van der Waals surface area (Å²) >= 11 is 0. The van der Waals surface area contributed by atoms with Crippen LogP contribution in [0.15, 0.2) is 66.7 Å². The molecule has 0 bridgehead atoms. The molecule has 1 aliphatic heterocycles. The number of amides is 3. The SMILES string of the molecule is CCc1ccccc1NC(=O)c1ccccc1N1C(=O)c2ccc(C(=O)O)cc2C1=O. The van der Waals surface area contributed by atoms with E-state index < -0.39 is 23.7 Å². The first kappa shape index (κ1) is 20.0. The van der Waals surface area contributed by atoms with Crippen molar-refractivity contribution in [1.29, 1.82) is 0 Å². The summed E-state index contributed by atoms with van der Waals surface area (Å²) in [5.41, 5.74) is 1.90. The summed E-state index contributed by atoms with van der Waals surface area (Å²) in [5, 5.41) is 12.0. The molecule has 1 aliphatic rings. The van der Waals surface area contributed by atoms with Crippen molar-refractivity contribution in [3.63, 3.8) is 0 Å². The van der Waals surface area contributed by atoms with Gasteiger partial charge in [-0.1, -0.05) is 37.3 Å². The Kier molecular flexibility index (Phi) is 5.09. The molecule has 0 unspecified atom stereocenters. The fourth-order valence-electron chi connectivity index (χ4n) is 3.59. The minimum atomic E-state index is -1.20. The van der Waals surface area contributed by atoms with Gasteiger partial charge >= 0.3 is 5.97 Å². The normalized spacial score (nSPS) is 12.6. The minimum Gasteiger partial charge on any atom is -0.478 e. The highest BCUT2D eigenvalue weighted by Crippen LogP contribution is 2.32. The van der Waals surface area contributed by atoms with Gasteiger partial charge in [0.15, 0.2) is 0 Å². The van der Waals surface area contributed by atoms with Crippen LogP contribution in [0.5, 0.6) is 0 Å². The number of aromatic carboxylic acids is 1. The number of carbonyl (C=O) groups excluding carboxylic acids is 3. The quantitative estimate of drug-likeness (QED) is 0.614. The highest BCUT2D eigenvalue weighted by molar-refractivity contribution is 6.35. The van der Waals surface area contributed by atoms with Crippen LogP contribution < -0.4 is 10.2 Å². The highest BCUT2D eigenvalue weighted by atomic mass is 16.4. The molecule has 3 aromatic rings. The molecule has 0 radical (unpaired) electrons. The first-order valence-corrected chi connectivity index (χ1v) is 9.66. The summed E-state index contributed by atoms with van der Waals surface area (Å²) in [7, 11) is 0. The topological polar surface area (TPSA) is 104 Å². The molecule has 0 aromatic heterocycles. The van der Waals surface area contributed by atoms with E-state index in [1.807, 2.05) is 25.1 Å². The van der Waals surface area contributed by atoms with Crippen LogP contribution in [-0.4, -0.2) is 28.8 Å². The van der Waals surface area contributed by atoms with Gasteiger partial charge < -0.3 is 10.4 Å². The summed E-state index contributed by atoms with van der Waals surface area (Å²) in [6.45, 7) is 1.98. The van der Waals surface area contributed by atoms with Gasteiger partial charge in [0.25, 0.3) is 17.7 Å². The van der Waals surface area contributed by atoms with Crippen LogP contribution in [-0.2, 0) is 6.42 Å². The number of hydrogen-bond donors (Lipinski definition) is 2. The number of nitrogens with zero attached hydrogens (tertiary/aromatic N) is 1. The maximum absolute atomic E-state index is 13.1. The molecule has 3 amide bonds. The Morgan fingerprint density at radius 3 is 2.32 bits per heavy atom. The number of carbonyl (C=O) groups is 4. The monoisotopic (exact) mass is 414 g/mol. The van der Waals surface area contributed by atoms with Gasteiger partial charge in [0.2, 0.25) is 0 Å². The molecule has 0 fully saturated rings. The second kappa shape index (κ2) is 7.87. The number of para-hydroxylation sites is 2. The third-order valence-electron chi connectivity index (χ3n) is 5.17. The van der Waals surface area contributed by atoms with Crippen molar-refractivity contribution in [3.8, 4) is 0 Å². The molecule has 0 spiro atoms. The Morgan fingerprint density at radius 2 is 1.58 bits per heavy atom. The smallest absolute Gasteiger partial charge is 0.335 e. The molecule has 0 saturated heterocycles. The number of rotatable bonds is 5. The summed E-state index contributed by atoms with van der Waals surface area (Å²) in [6.07, 6.45) is 0.725. The largest absolute Gasteiger partial charge is 0.478 e. The average Bonchev–Trinajstić information content (AvgIpc) is 3.03. The van der Waals surface area contributed by atoms with Gasteiger partial charge in [-0.2, -0.15) is 0 Å². The summed E-state index contributed by atoms with van der Waals surface area (Å²) < 4.78 is 0. The zero-order chi connectivity index (χ0) is 22.1. The van der Waals surface area contributed by atoms with Crippen molar-refractivity contribution in [2.45, 2.75) is 13.3 Å². The molecule has 0 saturated carbocycles. The number of carboxylic acid groups (broad SMARTS) is 1. The van der Waals surface area contributed by atoms with Crippen molar-refractivity contribution in [2.24, 2.45) is 0 Å². The first-order valence-electron chi connectivity index (χ1n) is 9.66. The van der Waals surface area contributed by atoms with Crippen LogP contribution in [0, 0.1) is 0 Å². The van der Waals surface area contributed by atoms with E-state index in [0.717, 1.165) is 16.9 Å². The molecule has 0 aliphatic carbocycles. The van der Waals surface area contributed by atoms with Gasteiger partial charge in [-0.05, 0) is 48.4 Å². The van der Waals surface area contributed by atoms with Crippen LogP contribution in [0.3, 0.4) is 0 Å². The van der Waals surface area contributed by atoms with E-state index in [2.05, 4.69) is 5.32 Å². The van der Waals surface area contributed by atoms with Crippen molar-refractivity contribution in [3.05, 3.63) is 94.5 Å². The number of aryl methyl sites for hydroxylation is 1. The van der Waals surface area contributed by atoms with Crippen molar-refractivity contribution >= 4 is 35.1 Å². The predicted molar refractivity (Wildman–Crippen MR) is 115 cm³/mol. The van der Waals surface area contributed by atoms with Crippen LogP contribution in [0.25, 0.3) is 0 Å². The molecule has 7 nitrogen and oxygen atoms in total. The molecule has 31 heavy (non-hydrogen) atoms. The summed E-state index contributed by atoms with van der Waals surface area (Å²) in [5.74, 6) is -2.93. The lowest BCUT2D eigenvalue weighted by atomic mass is 10.1. The molecule has 0 atom stereocenters. The average molecular weight is 414 g/mol. The number of nitrogens with one attached hydrogen (secondary N) is 1. The second-order valence-electron chi connectivity index (χ2n) is 6.99. The third kappa shape index (κ3) is 3.46. The van der Waals surface area contributed by atoms with E-state index in [4.69, 9.17) is 0 Å². The standard InChI is InChI=1S/C24H18N2O5/c1-2-14-7-3-5-9-19(14)25-21(27)17-8-4-6-10-20(17)26-22(28)16-12-11-15(24(30)31)13-18(16)23(26)29/h3-13H,2H2,1H3,(H,25,27)(H,30,31). The van der Waals surface area contributed by atoms with Gasteiger partial charge in [0.05, 0.1) is 27.9 Å². The Bertz CT molecular complexity index is 1250. The number of anilines is 2. The number of benzene rings is 3. The van der Waals surface area contributed by atoms with E-state index in [0.29, 0.717) is 5.69 Å². The number of hydrogen-bond acceptors (Lipinski definition) is 4. The number of carboxylic acids is 1. The van der Waals surface area contributed by atoms with Crippen LogP contribution in [0.2, 0.25) is 0 Å². The second-order valence-corrected chi connectivity index (χ2v) is 6.99. The Balaban J connectivity index is 1.72. The molecule has 154 valence electrons. The highest BCUT2D eigenvalue weighted by Gasteiger charge is 2.38. The van der Waals surface area contributed by atoms with Gasteiger partial charge in [0, 0.05) is 5.69 Å². The van der Waals surface area contributed by atoms with Gasteiger partial charge in [-0.25, -0.2) is 9.69 Å². The summed E-state index contributed by atoms with van der Waals surface area (Å²) in [6, 6.07) is 17.5. The van der Waals surface area contributed by atoms with Gasteiger partial charge in [0.1, 0.15) is 0 Å². The fraction of sp³-hybridized carbons (Fsp3) is 0.0833. The molecular formula is C24H18N2O5. The Labute approximate surface area is 177 Å². The minimum absolute atomic E-state index is 0.00330.